The Balaban J connectivity index is 2.35. The van der Waals surface area contributed by atoms with Crippen LogP contribution in [-0.4, -0.2) is 45.0 Å². The lowest BCUT2D eigenvalue weighted by atomic mass is 10.1. The highest BCUT2D eigenvalue weighted by Gasteiger charge is 2.43. The molecule has 2 atom stereocenters. The number of benzene rings is 1. The second kappa shape index (κ2) is 5.42. The molecule has 1 aromatic rings. The normalized spacial score (nSPS) is 17.0. The maximum absolute atomic E-state index is 12.2. The standard InChI is InChI=1S/C14H15NO5/c1-2-8(16)7-11(14(19)20)15-12(17)9-5-3-4-6-10(9)13(15)18/h3-6,8,11,16H,2,7H2,1H3,(H,19,20)/t8?,11-/m0/s1. The summed E-state index contributed by atoms with van der Waals surface area (Å²) >= 11 is 0. The zero-order valence-electron chi connectivity index (χ0n) is 10.9. The highest BCUT2D eigenvalue weighted by Crippen LogP contribution is 2.26. The van der Waals surface area contributed by atoms with Crippen molar-refractivity contribution in [2.24, 2.45) is 0 Å². The molecule has 2 N–H and O–H groups in total. The van der Waals surface area contributed by atoms with Gasteiger partial charge in [-0.05, 0) is 18.6 Å². The van der Waals surface area contributed by atoms with Gasteiger partial charge in [-0.1, -0.05) is 19.1 Å². The maximum atomic E-state index is 12.2. The van der Waals surface area contributed by atoms with E-state index in [2.05, 4.69) is 0 Å². The number of aliphatic carboxylic acids is 1. The molecule has 20 heavy (non-hydrogen) atoms. The summed E-state index contributed by atoms with van der Waals surface area (Å²) < 4.78 is 0. The fourth-order valence-corrected chi connectivity index (χ4v) is 2.23. The van der Waals surface area contributed by atoms with Gasteiger partial charge in [-0.15, -0.1) is 0 Å². The minimum Gasteiger partial charge on any atom is -0.480 e. The molecule has 0 fully saturated rings. The SMILES string of the molecule is CCC(O)C[C@@H](C(=O)O)N1C(=O)c2ccccc2C1=O. The number of carboxylic acids is 1. The van der Waals surface area contributed by atoms with Gasteiger partial charge in [0.2, 0.25) is 0 Å². The van der Waals surface area contributed by atoms with E-state index in [4.69, 9.17) is 0 Å². The highest BCUT2D eigenvalue weighted by atomic mass is 16.4. The van der Waals surface area contributed by atoms with E-state index >= 15 is 0 Å². The van der Waals surface area contributed by atoms with Crippen molar-refractivity contribution in [1.29, 1.82) is 0 Å². The van der Waals surface area contributed by atoms with E-state index in [9.17, 15) is 24.6 Å². The predicted molar refractivity (Wildman–Crippen MR) is 69.3 cm³/mol. The number of carbonyl (C=O) groups is 3. The second-order valence-corrected chi connectivity index (χ2v) is 4.68. The largest absolute Gasteiger partial charge is 0.480 e. The van der Waals surface area contributed by atoms with Gasteiger partial charge in [-0.2, -0.15) is 0 Å². The van der Waals surface area contributed by atoms with Crippen molar-refractivity contribution in [2.75, 3.05) is 0 Å². The van der Waals surface area contributed by atoms with E-state index in [1.807, 2.05) is 0 Å². The van der Waals surface area contributed by atoms with Crippen LogP contribution >= 0.6 is 0 Å². The summed E-state index contributed by atoms with van der Waals surface area (Å²) in [5.41, 5.74) is 0.407. The van der Waals surface area contributed by atoms with Crippen LogP contribution in [-0.2, 0) is 4.79 Å². The number of hydrogen-bond acceptors (Lipinski definition) is 4. The minimum atomic E-state index is -1.35. The van der Waals surface area contributed by atoms with Crippen LogP contribution in [0.15, 0.2) is 24.3 Å². The van der Waals surface area contributed by atoms with Gasteiger partial charge in [0.05, 0.1) is 17.2 Å². The molecule has 0 bridgehead atoms. The molecule has 0 saturated carbocycles. The molecule has 0 radical (unpaired) electrons. The third-order valence-electron chi connectivity index (χ3n) is 3.39. The van der Waals surface area contributed by atoms with Crippen LogP contribution in [0.1, 0.15) is 40.5 Å². The van der Waals surface area contributed by atoms with Crippen LogP contribution in [0.2, 0.25) is 0 Å². The van der Waals surface area contributed by atoms with Crippen LogP contribution in [0.5, 0.6) is 0 Å². The van der Waals surface area contributed by atoms with Gasteiger partial charge in [0.25, 0.3) is 11.8 Å². The zero-order chi connectivity index (χ0) is 14.9. The first-order valence-corrected chi connectivity index (χ1v) is 6.35. The van der Waals surface area contributed by atoms with Gasteiger partial charge in [-0.3, -0.25) is 14.5 Å². The van der Waals surface area contributed by atoms with E-state index in [0.717, 1.165) is 4.90 Å². The van der Waals surface area contributed by atoms with Gasteiger partial charge in [0, 0.05) is 6.42 Å². The first kappa shape index (κ1) is 14.2. The lowest BCUT2D eigenvalue weighted by molar-refractivity contribution is -0.142. The Morgan fingerprint density at radius 2 is 1.70 bits per heavy atom. The van der Waals surface area contributed by atoms with Gasteiger partial charge < -0.3 is 10.2 Å². The Hall–Kier alpha value is -2.21. The first-order valence-electron chi connectivity index (χ1n) is 6.35. The Kier molecular flexibility index (Phi) is 3.85. The highest BCUT2D eigenvalue weighted by molar-refractivity contribution is 6.22. The Morgan fingerprint density at radius 3 is 2.10 bits per heavy atom. The number of hydrogen-bond donors (Lipinski definition) is 2. The molecular weight excluding hydrogens is 262 g/mol. The van der Waals surface area contributed by atoms with Crippen molar-refractivity contribution < 1.29 is 24.6 Å². The fraction of sp³-hybridized carbons (Fsp3) is 0.357. The maximum Gasteiger partial charge on any atom is 0.327 e. The van der Waals surface area contributed by atoms with Crippen molar-refractivity contribution in [1.82, 2.24) is 4.90 Å². The predicted octanol–water partition coefficient (Wildman–Crippen LogP) is 0.897. The monoisotopic (exact) mass is 277 g/mol. The molecule has 2 amide bonds. The summed E-state index contributed by atoms with van der Waals surface area (Å²) in [4.78, 5) is 36.4. The summed E-state index contributed by atoms with van der Waals surface area (Å²) in [6.45, 7) is 1.70. The molecule has 0 spiro atoms. The molecule has 1 aromatic carbocycles. The van der Waals surface area contributed by atoms with E-state index < -0.39 is 29.9 Å². The molecule has 6 heteroatoms. The average Bonchev–Trinajstić information content (AvgIpc) is 2.69. The van der Waals surface area contributed by atoms with Crippen molar-refractivity contribution in [2.45, 2.75) is 31.9 Å². The molecule has 6 nitrogen and oxygen atoms in total. The third-order valence-corrected chi connectivity index (χ3v) is 3.39. The summed E-state index contributed by atoms with van der Waals surface area (Å²) in [6.07, 6.45) is -0.690. The molecule has 1 aliphatic heterocycles. The van der Waals surface area contributed by atoms with Crippen LogP contribution in [0.3, 0.4) is 0 Å². The van der Waals surface area contributed by atoms with Gasteiger partial charge >= 0.3 is 5.97 Å². The molecule has 2 rings (SSSR count). The number of imide groups is 1. The van der Waals surface area contributed by atoms with E-state index in [1.165, 1.54) is 12.1 Å². The molecule has 1 aliphatic rings. The smallest absolute Gasteiger partial charge is 0.327 e. The van der Waals surface area contributed by atoms with Gasteiger partial charge in [0.1, 0.15) is 6.04 Å². The first-order chi connectivity index (χ1) is 9.47. The molecule has 0 aliphatic carbocycles. The number of carboxylic acid groups (broad SMARTS) is 1. The van der Waals surface area contributed by atoms with E-state index in [1.54, 1.807) is 19.1 Å². The fourth-order valence-electron chi connectivity index (χ4n) is 2.23. The van der Waals surface area contributed by atoms with Crippen molar-refractivity contribution in [3.63, 3.8) is 0 Å². The number of rotatable bonds is 5. The third kappa shape index (κ3) is 2.30. The number of aliphatic hydroxyl groups excluding tert-OH is 1. The second-order valence-electron chi connectivity index (χ2n) is 4.68. The summed E-state index contributed by atoms with van der Waals surface area (Å²) in [7, 11) is 0. The number of carbonyl (C=O) groups excluding carboxylic acids is 2. The Bertz CT molecular complexity index is 533. The lowest BCUT2D eigenvalue weighted by Crippen LogP contribution is -2.46. The van der Waals surface area contributed by atoms with Crippen LogP contribution < -0.4 is 0 Å². The summed E-state index contributed by atoms with van der Waals surface area (Å²) in [5.74, 6) is -2.55. The minimum absolute atomic E-state index is 0.169. The zero-order valence-corrected chi connectivity index (χ0v) is 10.9. The topological polar surface area (TPSA) is 94.9 Å². The van der Waals surface area contributed by atoms with E-state index in [0.29, 0.717) is 6.42 Å². The van der Waals surface area contributed by atoms with Crippen molar-refractivity contribution in [3.8, 4) is 0 Å². The van der Waals surface area contributed by atoms with Crippen molar-refractivity contribution >= 4 is 17.8 Å². The number of amides is 2. The number of fused-ring (bicyclic) bond motifs is 1. The molecule has 1 unspecified atom stereocenters. The molecule has 106 valence electrons. The van der Waals surface area contributed by atoms with Crippen LogP contribution in [0.4, 0.5) is 0 Å². The molecule has 0 aromatic heterocycles. The number of aliphatic hydroxyl groups is 1. The van der Waals surface area contributed by atoms with Crippen molar-refractivity contribution in [3.05, 3.63) is 35.4 Å². The van der Waals surface area contributed by atoms with Gasteiger partial charge in [0.15, 0.2) is 0 Å². The summed E-state index contributed by atoms with van der Waals surface area (Å²) in [5, 5.41) is 18.8. The Labute approximate surface area is 115 Å². The van der Waals surface area contributed by atoms with E-state index in [-0.39, 0.29) is 17.5 Å². The Morgan fingerprint density at radius 1 is 1.20 bits per heavy atom. The lowest BCUT2D eigenvalue weighted by Gasteiger charge is -2.24. The molecule has 1 heterocycles. The van der Waals surface area contributed by atoms with Crippen LogP contribution in [0, 0.1) is 0 Å². The van der Waals surface area contributed by atoms with Gasteiger partial charge in [-0.25, -0.2) is 4.79 Å². The molecule has 0 saturated heterocycles. The van der Waals surface area contributed by atoms with Crippen LogP contribution in [0.25, 0.3) is 0 Å². The average molecular weight is 277 g/mol. The molecular formula is C14H15NO5. The quantitative estimate of drug-likeness (QED) is 0.780. The summed E-state index contributed by atoms with van der Waals surface area (Å²) in [6, 6.07) is 4.86. The number of nitrogens with zero attached hydrogens (tertiary/aromatic N) is 1.